The Labute approximate surface area is 227 Å². The van der Waals surface area contributed by atoms with Crippen molar-refractivity contribution in [3.63, 3.8) is 0 Å². The Kier molecular flexibility index (Phi) is 8.03. The lowest BCUT2D eigenvalue weighted by molar-refractivity contribution is -0.201. The third-order valence-corrected chi connectivity index (χ3v) is 7.24. The molecule has 2 aromatic rings. The van der Waals surface area contributed by atoms with Crippen LogP contribution in [0.5, 0.6) is 0 Å². The number of carbonyl (C=O) groups excluding carboxylic acids is 5. The first-order valence-corrected chi connectivity index (χ1v) is 13.0. The lowest BCUT2D eigenvalue weighted by Gasteiger charge is -2.30. The van der Waals surface area contributed by atoms with Gasteiger partial charge in [-0.15, -0.1) is 5.06 Å². The van der Waals surface area contributed by atoms with Crippen LogP contribution in [0.4, 0.5) is 4.79 Å². The molecule has 4 rings (SSSR count). The fourth-order valence-corrected chi connectivity index (χ4v) is 4.76. The van der Waals surface area contributed by atoms with Gasteiger partial charge in [-0.3, -0.25) is 14.4 Å². The Bertz CT molecular complexity index is 1240. The van der Waals surface area contributed by atoms with E-state index in [-0.39, 0.29) is 31.3 Å². The van der Waals surface area contributed by atoms with Gasteiger partial charge in [-0.1, -0.05) is 68.8 Å². The highest BCUT2D eigenvalue weighted by Crippen LogP contribution is 2.44. The van der Waals surface area contributed by atoms with Crippen molar-refractivity contribution in [1.29, 1.82) is 0 Å². The summed E-state index contributed by atoms with van der Waals surface area (Å²) >= 11 is 0. The minimum atomic E-state index is -1.59. The van der Waals surface area contributed by atoms with E-state index in [1.807, 2.05) is 55.5 Å². The van der Waals surface area contributed by atoms with Crippen LogP contribution in [0.2, 0.25) is 0 Å². The summed E-state index contributed by atoms with van der Waals surface area (Å²) in [6.07, 6.45) is -0.285. The van der Waals surface area contributed by atoms with E-state index in [0.717, 1.165) is 22.3 Å². The number of carbonyl (C=O) groups is 5. The number of fused-ring (bicyclic) bond motifs is 3. The summed E-state index contributed by atoms with van der Waals surface area (Å²) < 4.78 is 5.60. The molecule has 39 heavy (non-hydrogen) atoms. The summed E-state index contributed by atoms with van der Waals surface area (Å²) in [6, 6.07) is 14.9. The van der Waals surface area contributed by atoms with Crippen molar-refractivity contribution in [3.05, 3.63) is 59.7 Å². The van der Waals surface area contributed by atoms with Crippen molar-refractivity contribution in [1.82, 2.24) is 15.7 Å². The fourth-order valence-electron chi connectivity index (χ4n) is 4.76. The van der Waals surface area contributed by atoms with E-state index in [2.05, 4.69) is 10.6 Å². The van der Waals surface area contributed by atoms with Gasteiger partial charge in [-0.05, 0) is 42.0 Å². The number of benzene rings is 2. The quantitative estimate of drug-likeness (QED) is 0.470. The average Bonchev–Trinajstić information content (AvgIpc) is 3.41. The van der Waals surface area contributed by atoms with E-state index < -0.39 is 41.4 Å². The summed E-state index contributed by atoms with van der Waals surface area (Å²) in [5.41, 5.74) is 2.75. The van der Waals surface area contributed by atoms with E-state index in [4.69, 9.17) is 9.57 Å². The maximum absolute atomic E-state index is 13.2. The number of rotatable bonds is 9. The molecule has 2 atom stereocenters. The van der Waals surface area contributed by atoms with E-state index in [1.165, 1.54) is 13.8 Å². The SMILES string of the molecule is CC[C@H](C)[C@H](NC(=O)OCC1c2ccccc2-c2ccccc21)C(=O)NC(C)(C)C(=O)ON1C(=O)CCC1=O. The lowest BCUT2D eigenvalue weighted by Crippen LogP contribution is -2.59. The molecular formula is C29H33N3O7. The Morgan fingerprint density at radius 3 is 2.05 bits per heavy atom. The largest absolute Gasteiger partial charge is 0.449 e. The first kappa shape index (κ1) is 27.8. The summed E-state index contributed by atoms with van der Waals surface area (Å²) in [5.74, 6) is -3.28. The number of hydrogen-bond acceptors (Lipinski definition) is 7. The topological polar surface area (TPSA) is 131 Å². The Hall–Kier alpha value is -4.21. The highest BCUT2D eigenvalue weighted by molar-refractivity contribution is 6.02. The second kappa shape index (κ2) is 11.3. The molecule has 2 N–H and O–H groups in total. The van der Waals surface area contributed by atoms with Crippen molar-refractivity contribution in [2.45, 2.75) is 64.5 Å². The molecule has 1 heterocycles. The van der Waals surface area contributed by atoms with Gasteiger partial charge in [-0.25, -0.2) is 9.59 Å². The molecule has 4 amide bonds. The van der Waals surface area contributed by atoms with Crippen molar-refractivity contribution in [3.8, 4) is 11.1 Å². The van der Waals surface area contributed by atoms with Gasteiger partial charge in [0.05, 0.1) is 0 Å². The molecular weight excluding hydrogens is 502 g/mol. The number of imide groups is 1. The van der Waals surface area contributed by atoms with E-state index in [1.54, 1.807) is 6.92 Å². The highest BCUT2D eigenvalue weighted by atomic mass is 16.7. The first-order chi connectivity index (χ1) is 18.5. The smallest absolute Gasteiger partial charge is 0.407 e. The van der Waals surface area contributed by atoms with Gasteiger partial charge < -0.3 is 20.2 Å². The molecule has 0 saturated carbocycles. The average molecular weight is 536 g/mol. The van der Waals surface area contributed by atoms with Crippen molar-refractivity contribution < 1.29 is 33.5 Å². The number of hydrogen-bond donors (Lipinski definition) is 2. The molecule has 0 unspecified atom stereocenters. The molecule has 1 saturated heterocycles. The summed E-state index contributed by atoms with van der Waals surface area (Å²) in [5, 5.41) is 5.64. The minimum absolute atomic E-state index is 0.0426. The molecule has 0 aromatic heterocycles. The number of nitrogens with zero attached hydrogens (tertiary/aromatic N) is 1. The molecule has 1 aliphatic heterocycles. The van der Waals surface area contributed by atoms with Crippen LogP contribution in [-0.2, 0) is 28.8 Å². The zero-order valence-electron chi connectivity index (χ0n) is 22.5. The second-order valence-electron chi connectivity index (χ2n) is 10.4. The molecule has 10 heteroatoms. The summed E-state index contributed by atoms with van der Waals surface area (Å²) in [6.45, 7) is 6.53. The number of amides is 4. The van der Waals surface area contributed by atoms with Gasteiger partial charge in [0.25, 0.3) is 11.8 Å². The Balaban J connectivity index is 1.40. The third-order valence-electron chi connectivity index (χ3n) is 7.24. The molecule has 0 bridgehead atoms. The van der Waals surface area contributed by atoms with Crippen molar-refractivity contribution in [2.75, 3.05) is 6.61 Å². The molecule has 0 spiro atoms. The second-order valence-corrected chi connectivity index (χ2v) is 10.4. The summed E-state index contributed by atoms with van der Waals surface area (Å²) in [4.78, 5) is 67.3. The zero-order chi connectivity index (χ0) is 28.3. The van der Waals surface area contributed by atoms with Gasteiger partial charge in [0, 0.05) is 18.8 Å². The van der Waals surface area contributed by atoms with E-state index >= 15 is 0 Å². The van der Waals surface area contributed by atoms with Gasteiger partial charge in [0.2, 0.25) is 5.91 Å². The third kappa shape index (κ3) is 5.79. The molecule has 2 aromatic carbocycles. The highest BCUT2D eigenvalue weighted by Gasteiger charge is 2.40. The minimum Gasteiger partial charge on any atom is -0.449 e. The predicted molar refractivity (Wildman–Crippen MR) is 141 cm³/mol. The molecule has 1 fully saturated rings. The first-order valence-electron chi connectivity index (χ1n) is 13.0. The summed E-state index contributed by atoms with van der Waals surface area (Å²) in [7, 11) is 0. The van der Waals surface area contributed by atoms with Crippen LogP contribution in [-0.4, -0.2) is 53.0 Å². The fraction of sp³-hybridized carbons (Fsp3) is 0.414. The standard InChI is InChI=1S/C29H33N3O7/c1-5-17(2)25(26(35)31-29(3,4)27(36)39-32-23(33)14-15-24(32)34)30-28(37)38-16-22-20-12-8-6-10-18(20)19-11-7-9-13-21(19)22/h6-13,17,22,25H,5,14-16H2,1-4H3,(H,30,37)(H,31,35)/t17-,25-/m0/s1. The molecule has 0 radical (unpaired) electrons. The van der Waals surface area contributed by atoms with Gasteiger partial charge in [0.15, 0.2) is 0 Å². The number of hydroxylamine groups is 2. The van der Waals surface area contributed by atoms with Crippen LogP contribution >= 0.6 is 0 Å². The predicted octanol–water partition coefficient (Wildman–Crippen LogP) is 3.44. The molecule has 206 valence electrons. The normalized spacial score (nSPS) is 16.3. The molecule has 10 nitrogen and oxygen atoms in total. The van der Waals surface area contributed by atoms with Crippen LogP contribution < -0.4 is 10.6 Å². The van der Waals surface area contributed by atoms with Crippen molar-refractivity contribution in [2.24, 2.45) is 5.92 Å². The van der Waals surface area contributed by atoms with Gasteiger partial charge >= 0.3 is 12.1 Å². The molecule has 2 aliphatic rings. The van der Waals surface area contributed by atoms with E-state index in [0.29, 0.717) is 11.5 Å². The monoisotopic (exact) mass is 535 g/mol. The van der Waals surface area contributed by atoms with Crippen LogP contribution in [0.15, 0.2) is 48.5 Å². The van der Waals surface area contributed by atoms with E-state index in [9.17, 15) is 24.0 Å². The lowest BCUT2D eigenvalue weighted by atomic mass is 9.96. The van der Waals surface area contributed by atoms with Crippen molar-refractivity contribution >= 4 is 29.8 Å². The van der Waals surface area contributed by atoms with Crippen LogP contribution in [0.1, 0.15) is 64.0 Å². The molecule has 1 aliphatic carbocycles. The number of alkyl carbamates (subject to hydrolysis) is 1. The van der Waals surface area contributed by atoms with Crippen LogP contribution in [0.25, 0.3) is 11.1 Å². The maximum Gasteiger partial charge on any atom is 0.407 e. The Morgan fingerprint density at radius 1 is 0.974 bits per heavy atom. The van der Waals surface area contributed by atoms with Crippen LogP contribution in [0.3, 0.4) is 0 Å². The van der Waals surface area contributed by atoms with Crippen LogP contribution in [0, 0.1) is 5.92 Å². The maximum atomic E-state index is 13.2. The number of nitrogens with one attached hydrogen (secondary N) is 2. The number of ether oxygens (including phenoxy) is 1. The Morgan fingerprint density at radius 2 is 1.51 bits per heavy atom. The van der Waals surface area contributed by atoms with Gasteiger partial charge in [0.1, 0.15) is 18.2 Å². The van der Waals surface area contributed by atoms with Gasteiger partial charge in [-0.2, -0.15) is 0 Å². The zero-order valence-corrected chi connectivity index (χ0v) is 22.5.